The van der Waals surface area contributed by atoms with Gasteiger partial charge in [-0.25, -0.2) is 8.85 Å². The number of nitrogens with two attached hydrogens (primary N) is 1. The van der Waals surface area contributed by atoms with Crippen molar-refractivity contribution in [2.45, 2.75) is 0 Å². The molecule has 0 bridgehead atoms. The Morgan fingerprint density at radius 2 is 2.33 bits per heavy atom. The SMILES string of the molecule is NS(=O)(=O)N1C=CCS1. The largest absolute Gasteiger partial charge is 0.308 e. The van der Waals surface area contributed by atoms with Crippen LogP contribution in [0.15, 0.2) is 12.3 Å². The van der Waals surface area contributed by atoms with E-state index in [1.807, 2.05) is 0 Å². The molecule has 0 fully saturated rings. The molecule has 1 aliphatic heterocycles. The van der Waals surface area contributed by atoms with E-state index in [9.17, 15) is 8.42 Å². The summed E-state index contributed by atoms with van der Waals surface area (Å²) in [5.74, 6) is 0.677. The number of hydrogen-bond donors (Lipinski definition) is 1. The maximum absolute atomic E-state index is 10.5. The predicted octanol–water partition coefficient (Wildman–Crippen LogP) is -0.333. The minimum Gasteiger partial charge on any atom is -0.210 e. The van der Waals surface area contributed by atoms with Crippen LogP contribution in [-0.4, -0.2) is 17.9 Å². The van der Waals surface area contributed by atoms with Crippen molar-refractivity contribution in [3.8, 4) is 0 Å². The molecule has 9 heavy (non-hydrogen) atoms. The summed E-state index contributed by atoms with van der Waals surface area (Å²) in [6.07, 6.45) is 3.18. The van der Waals surface area contributed by atoms with Crippen LogP contribution in [0.1, 0.15) is 0 Å². The first kappa shape index (κ1) is 6.91. The Labute approximate surface area is 58.0 Å². The molecule has 2 N–H and O–H groups in total. The average Bonchev–Trinajstić information content (AvgIpc) is 2.08. The predicted molar refractivity (Wildman–Crippen MR) is 36.5 cm³/mol. The highest BCUT2D eigenvalue weighted by molar-refractivity contribution is 8.08. The van der Waals surface area contributed by atoms with Gasteiger partial charge < -0.3 is 0 Å². The standard InChI is InChI=1S/C3H6N2O2S2/c4-9(6,7)5-2-1-3-8-5/h1-2H,3H2,(H2,4,6,7). The van der Waals surface area contributed by atoms with Crippen molar-refractivity contribution < 1.29 is 8.42 Å². The van der Waals surface area contributed by atoms with E-state index in [1.54, 1.807) is 6.08 Å². The van der Waals surface area contributed by atoms with Crippen LogP contribution in [0.4, 0.5) is 0 Å². The summed E-state index contributed by atoms with van der Waals surface area (Å²) in [5.41, 5.74) is 0. The summed E-state index contributed by atoms with van der Waals surface area (Å²) in [6.45, 7) is 0. The van der Waals surface area contributed by atoms with Crippen LogP contribution in [0.25, 0.3) is 0 Å². The molecule has 0 aromatic rings. The molecule has 4 nitrogen and oxygen atoms in total. The zero-order valence-electron chi connectivity index (χ0n) is 4.52. The van der Waals surface area contributed by atoms with E-state index in [2.05, 4.69) is 0 Å². The summed E-state index contributed by atoms with van der Waals surface area (Å²) in [4.78, 5) is 0. The highest BCUT2D eigenvalue weighted by atomic mass is 32.3. The molecule has 0 atom stereocenters. The molecule has 1 aliphatic rings. The molecule has 0 spiro atoms. The summed E-state index contributed by atoms with van der Waals surface area (Å²) in [7, 11) is -3.49. The molecule has 0 saturated heterocycles. The first-order valence-corrected chi connectivity index (χ1v) is 4.67. The summed E-state index contributed by atoms with van der Waals surface area (Å²) in [5, 5.41) is 4.77. The third-order valence-corrected chi connectivity index (χ3v) is 3.06. The van der Waals surface area contributed by atoms with Crippen molar-refractivity contribution in [1.29, 1.82) is 0 Å². The molecule has 0 aliphatic carbocycles. The van der Waals surface area contributed by atoms with Crippen LogP contribution in [0, 0.1) is 0 Å². The van der Waals surface area contributed by atoms with Gasteiger partial charge in [0, 0.05) is 12.0 Å². The molecule has 1 rings (SSSR count). The van der Waals surface area contributed by atoms with Gasteiger partial charge in [0.1, 0.15) is 0 Å². The fourth-order valence-electron chi connectivity index (χ4n) is 0.447. The van der Waals surface area contributed by atoms with Gasteiger partial charge in [-0.1, -0.05) is 6.08 Å². The Balaban J connectivity index is 2.76. The van der Waals surface area contributed by atoms with Crippen molar-refractivity contribution in [3.05, 3.63) is 12.3 Å². The average molecular weight is 166 g/mol. The lowest BCUT2D eigenvalue weighted by Gasteiger charge is -2.08. The van der Waals surface area contributed by atoms with Gasteiger partial charge in [0.05, 0.1) is 0 Å². The van der Waals surface area contributed by atoms with Crippen LogP contribution >= 0.6 is 11.9 Å². The maximum Gasteiger partial charge on any atom is 0.308 e. The smallest absolute Gasteiger partial charge is 0.210 e. The van der Waals surface area contributed by atoms with Crippen molar-refractivity contribution in [3.63, 3.8) is 0 Å². The van der Waals surface area contributed by atoms with E-state index >= 15 is 0 Å². The van der Waals surface area contributed by atoms with Gasteiger partial charge in [-0.15, -0.1) is 0 Å². The van der Waals surface area contributed by atoms with E-state index in [4.69, 9.17) is 5.14 Å². The molecule has 6 heteroatoms. The molecule has 0 radical (unpaired) electrons. The lowest BCUT2D eigenvalue weighted by atomic mass is 10.7. The Kier molecular flexibility index (Phi) is 1.69. The van der Waals surface area contributed by atoms with Gasteiger partial charge in [0.15, 0.2) is 0 Å². The minimum absolute atomic E-state index is 0.677. The highest BCUT2D eigenvalue weighted by Gasteiger charge is 2.15. The van der Waals surface area contributed by atoms with Crippen LogP contribution in [0.5, 0.6) is 0 Å². The second kappa shape index (κ2) is 2.20. The first-order chi connectivity index (χ1) is 4.11. The van der Waals surface area contributed by atoms with E-state index in [-0.39, 0.29) is 0 Å². The van der Waals surface area contributed by atoms with Gasteiger partial charge in [-0.2, -0.15) is 8.42 Å². The van der Waals surface area contributed by atoms with Gasteiger partial charge in [-0.3, -0.25) is 0 Å². The van der Waals surface area contributed by atoms with E-state index < -0.39 is 10.2 Å². The molecule has 0 aromatic carbocycles. The normalized spacial score (nSPS) is 19.0. The van der Waals surface area contributed by atoms with Crippen molar-refractivity contribution >= 4 is 22.2 Å². The zero-order chi connectivity index (χ0) is 6.91. The Hall–Kier alpha value is -0.200. The summed E-state index contributed by atoms with van der Waals surface area (Å²) in [6, 6.07) is 0. The van der Waals surface area contributed by atoms with Crippen LogP contribution in [-0.2, 0) is 10.2 Å². The third-order valence-electron chi connectivity index (χ3n) is 0.776. The van der Waals surface area contributed by atoms with Gasteiger partial charge in [-0.05, 0) is 11.9 Å². The van der Waals surface area contributed by atoms with Crippen LogP contribution in [0.2, 0.25) is 0 Å². The molecule has 0 unspecified atom stereocenters. The van der Waals surface area contributed by atoms with Crippen molar-refractivity contribution in [1.82, 2.24) is 3.71 Å². The molecule has 0 saturated carbocycles. The van der Waals surface area contributed by atoms with E-state index in [1.165, 1.54) is 6.20 Å². The molecule has 52 valence electrons. The van der Waals surface area contributed by atoms with Gasteiger partial charge in [0.2, 0.25) is 0 Å². The molecule has 0 amide bonds. The molecular weight excluding hydrogens is 160 g/mol. The monoisotopic (exact) mass is 166 g/mol. The van der Waals surface area contributed by atoms with Gasteiger partial charge >= 0.3 is 10.2 Å². The van der Waals surface area contributed by atoms with Crippen molar-refractivity contribution in [2.24, 2.45) is 5.14 Å². The second-order valence-corrected chi connectivity index (χ2v) is 4.12. The summed E-state index contributed by atoms with van der Waals surface area (Å²) >= 11 is 1.16. The zero-order valence-corrected chi connectivity index (χ0v) is 6.15. The van der Waals surface area contributed by atoms with Crippen LogP contribution in [0.3, 0.4) is 0 Å². The van der Waals surface area contributed by atoms with Gasteiger partial charge in [0.25, 0.3) is 0 Å². The first-order valence-electron chi connectivity index (χ1n) is 2.22. The number of hydrogen-bond acceptors (Lipinski definition) is 3. The summed E-state index contributed by atoms with van der Waals surface area (Å²) < 4.78 is 22.0. The lowest BCUT2D eigenvalue weighted by molar-refractivity contribution is 0.574. The number of rotatable bonds is 1. The second-order valence-electron chi connectivity index (χ2n) is 1.48. The topological polar surface area (TPSA) is 63.4 Å². The maximum atomic E-state index is 10.5. The lowest BCUT2D eigenvalue weighted by Crippen LogP contribution is -2.25. The highest BCUT2D eigenvalue weighted by Crippen LogP contribution is 2.19. The molecular formula is C3H6N2O2S2. The Bertz CT molecular complexity index is 220. The molecule has 1 heterocycles. The van der Waals surface area contributed by atoms with E-state index in [0.717, 1.165) is 15.7 Å². The Morgan fingerprint density at radius 3 is 2.56 bits per heavy atom. The van der Waals surface area contributed by atoms with Crippen LogP contribution < -0.4 is 5.14 Å². The quantitative estimate of drug-likeness (QED) is 0.542. The molecule has 0 aromatic heterocycles. The van der Waals surface area contributed by atoms with Crippen molar-refractivity contribution in [2.75, 3.05) is 5.75 Å². The number of nitrogens with zero attached hydrogens (tertiary/aromatic N) is 1. The Morgan fingerprint density at radius 1 is 1.67 bits per heavy atom. The third kappa shape index (κ3) is 1.60. The fraction of sp³-hybridized carbons (Fsp3) is 0.333. The fourth-order valence-corrected chi connectivity index (χ4v) is 1.96. The minimum atomic E-state index is -3.49. The van der Waals surface area contributed by atoms with E-state index in [0.29, 0.717) is 5.75 Å².